The second-order valence-corrected chi connectivity index (χ2v) is 3.71. The molecule has 1 atom stereocenters. The number of carbonyl (C=O) groups excluding carboxylic acids is 1. The highest BCUT2D eigenvalue weighted by atomic mass is 16.5. The Labute approximate surface area is 99.7 Å². The standard InChI is InChI=1S/C12H16N2O3/c1-7(5-11(14)12(16)17-2)9-6-8(15)3-4-10(9)13/h3-4,6,11,15H,1,5,13-14H2,2H3. The van der Waals surface area contributed by atoms with E-state index in [0.717, 1.165) is 0 Å². The molecule has 0 aliphatic heterocycles. The number of hydrogen-bond acceptors (Lipinski definition) is 5. The van der Waals surface area contributed by atoms with Gasteiger partial charge in [0.2, 0.25) is 0 Å². The summed E-state index contributed by atoms with van der Waals surface area (Å²) >= 11 is 0. The van der Waals surface area contributed by atoms with Crippen LogP contribution in [0.15, 0.2) is 24.8 Å². The van der Waals surface area contributed by atoms with E-state index in [1.165, 1.54) is 19.2 Å². The second-order valence-electron chi connectivity index (χ2n) is 3.71. The minimum atomic E-state index is -0.783. The van der Waals surface area contributed by atoms with Crippen molar-refractivity contribution in [3.63, 3.8) is 0 Å². The van der Waals surface area contributed by atoms with Crippen molar-refractivity contribution in [3.8, 4) is 5.75 Å². The van der Waals surface area contributed by atoms with E-state index in [2.05, 4.69) is 11.3 Å². The van der Waals surface area contributed by atoms with E-state index in [9.17, 15) is 9.90 Å². The third-order valence-corrected chi connectivity index (χ3v) is 2.39. The largest absolute Gasteiger partial charge is 0.508 e. The lowest BCUT2D eigenvalue weighted by Crippen LogP contribution is -2.31. The highest BCUT2D eigenvalue weighted by Crippen LogP contribution is 2.27. The lowest BCUT2D eigenvalue weighted by molar-refractivity contribution is -0.142. The molecular weight excluding hydrogens is 220 g/mol. The van der Waals surface area contributed by atoms with Crippen LogP contribution in [0, 0.1) is 0 Å². The predicted molar refractivity (Wildman–Crippen MR) is 66.2 cm³/mol. The van der Waals surface area contributed by atoms with Crippen LogP contribution in [0.1, 0.15) is 12.0 Å². The summed E-state index contributed by atoms with van der Waals surface area (Å²) in [4.78, 5) is 11.2. The van der Waals surface area contributed by atoms with Gasteiger partial charge in [0.25, 0.3) is 0 Å². The van der Waals surface area contributed by atoms with Crippen LogP contribution >= 0.6 is 0 Å². The summed E-state index contributed by atoms with van der Waals surface area (Å²) in [6, 6.07) is 3.75. The van der Waals surface area contributed by atoms with E-state index in [1.807, 2.05) is 0 Å². The number of nitrogens with two attached hydrogens (primary N) is 2. The maximum atomic E-state index is 11.2. The molecule has 5 heteroatoms. The number of nitrogen functional groups attached to an aromatic ring is 1. The first-order chi connectivity index (χ1) is 7.95. The monoisotopic (exact) mass is 236 g/mol. The molecule has 0 radical (unpaired) electrons. The number of benzene rings is 1. The number of aromatic hydroxyl groups is 1. The summed E-state index contributed by atoms with van der Waals surface area (Å²) in [5.74, 6) is -0.424. The van der Waals surface area contributed by atoms with Crippen LogP contribution in [0.5, 0.6) is 5.75 Å². The molecule has 92 valence electrons. The van der Waals surface area contributed by atoms with Crippen LogP contribution in [0.4, 0.5) is 5.69 Å². The maximum Gasteiger partial charge on any atom is 0.322 e. The number of anilines is 1. The lowest BCUT2D eigenvalue weighted by atomic mass is 9.99. The topological polar surface area (TPSA) is 98.6 Å². The number of phenolic OH excluding ortho intramolecular Hbond substituents is 1. The van der Waals surface area contributed by atoms with Gasteiger partial charge < -0.3 is 21.3 Å². The molecule has 0 aliphatic rings. The van der Waals surface area contributed by atoms with Gasteiger partial charge in [-0.2, -0.15) is 0 Å². The molecule has 0 aromatic heterocycles. The number of hydrogen-bond donors (Lipinski definition) is 3. The lowest BCUT2D eigenvalue weighted by Gasteiger charge is -2.13. The first kappa shape index (κ1) is 13.1. The van der Waals surface area contributed by atoms with Gasteiger partial charge >= 0.3 is 5.97 Å². The predicted octanol–water partition coefficient (Wildman–Crippen LogP) is 0.878. The zero-order valence-electron chi connectivity index (χ0n) is 9.64. The summed E-state index contributed by atoms with van der Waals surface area (Å²) in [5.41, 5.74) is 13.0. The fourth-order valence-electron chi connectivity index (χ4n) is 1.46. The molecule has 0 saturated carbocycles. The van der Waals surface area contributed by atoms with Crippen LogP contribution in [-0.4, -0.2) is 24.2 Å². The van der Waals surface area contributed by atoms with Gasteiger partial charge in [0, 0.05) is 11.3 Å². The third kappa shape index (κ3) is 3.22. The van der Waals surface area contributed by atoms with Gasteiger partial charge in [0.05, 0.1) is 7.11 Å². The molecule has 5 nitrogen and oxygen atoms in total. The number of phenols is 1. The van der Waals surface area contributed by atoms with Crippen molar-refractivity contribution in [1.29, 1.82) is 0 Å². The van der Waals surface area contributed by atoms with Gasteiger partial charge in [-0.15, -0.1) is 0 Å². The molecule has 1 aromatic rings. The molecule has 0 heterocycles. The summed E-state index contributed by atoms with van der Waals surface area (Å²) < 4.78 is 4.52. The molecule has 1 unspecified atom stereocenters. The van der Waals surface area contributed by atoms with E-state index in [1.54, 1.807) is 6.07 Å². The Balaban J connectivity index is 2.83. The zero-order chi connectivity index (χ0) is 13.0. The average molecular weight is 236 g/mol. The minimum Gasteiger partial charge on any atom is -0.508 e. The van der Waals surface area contributed by atoms with Crippen molar-refractivity contribution in [3.05, 3.63) is 30.3 Å². The van der Waals surface area contributed by atoms with Crippen molar-refractivity contribution in [2.45, 2.75) is 12.5 Å². The summed E-state index contributed by atoms with van der Waals surface area (Å²) in [6.45, 7) is 3.80. The first-order valence-corrected chi connectivity index (χ1v) is 5.05. The number of rotatable bonds is 4. The van der Waals surface area contributed by atoms with Crippen molar-refractivity contribution in [2.75, 3.05) is 12.8 Å². The Bertz CT molecular complexity index is 443. The van der Waals surface area contributed by atoms with E-state index in [0.29, 0.717) is 16.8 Å². The van der Waals surface area contributed by atoms with Gasteiger partial charge in [-0.05, 0) is 30.2 Å². The van der Waals surface area contributed by atoms with Gasteiger partial charge in [0.1, 0.15) is 11.8 Å². The normalized spacial score (nSPS) is 11.9. The average Bonchev–Trinajstić information content (AvgIpc) is 2.30. The van der Waals surface area contributed by atoms with Crippen LogP contribution in [-0.2, 0) is 9.53 Å². The molecule has 1 rings (SSSR count). The Morgan fingerprint density at radius 1 is 1.59 bits per heavy atom. The molecular formula is C12H16N2O3. The second kappa shape index (κ2) is 5.36. The number of esters is 1. The number of methoxy groups -OCH3 is 1. The number of ether oxygens (including phenoxy) is 1. The first-order valence-electron chi connectivity index (χ1n) is 5.05. The highest BCUT2D eigenvalue weighted by Gasteiger charge is 2.16. The SMILES string of the molecule is C=C(CC(N)C(=O)OC)c1cc(O)ccc1N. The van der Waals surface area contributed by atoms with E-state index < -0.39 is 12.0 Å². The van der Waals surface area contributed by atoms with Crippen LogP contribution < -0.4 is 11.5 Å². The molecule has 17 heavy (non-hydrogen) atoms. The van der Waals surface area contributed by atoms with E-state index >= 15 is 0 Å². The molecule has 0 bridgehead atoms. The maximum absolute atomic E-state index is 11.2. The van der Waals surface area contributed by atoms with Gasteiger partial charge in [-0.1, -0.05) is 6.58 Å². The van der Waals surface area contributed by atoms with Crippen LogP contribution in [0.25, 0.3) is 5.57 Å². The van der Waals surface area contributed by atoms with E-state index in [4.69, 9.17) is 11.5 Å². The Morgan fingerprint density at radius 2 is 2.24 bits per heavy atom. The van der Waals surface area contributed by atoms with Crippen LogP contribution in [0.2, 0.25) is 0 Å². The van der Waals surface area contributed by atoms with Crippen molar-refractivity contribution >= 4 is 17.2 Å². The fraction of sp³-hybridized carbons (Fsp3) is 0.250. The number of carbonyl (C=O) groups is 1. The zero-order valence-corrected chi connectivity index (χ0v) is 9.64. The molecule has 0 fully saturated rings. The summed E-state index contributed by atoms with van der Waals surface area (Å²) in [5, 5.41) is 9.36. The third-order valence-electron chi connectivity index (χ3n) is 2.39. The Kier molecular flexibility index (Phi) is 4.12. The Hall–Kier alpha value is -2.01. The molecule has 0 amide bonds. The molecule has 5 N–H and O–H groups in total. The van der Waals surface area contributed by atoms with Crippen molar-refractivity contribution < 1.29 is 14.6 Å². The molecule has 0 saturated heterocycles. The van der Waals surface area contributed by atoms with Crippen molar-refractivity contribution in [1.82, 2.24) is 0 Å². The summed E-state index contributed by atoms with van der Waals surface area (Å²) in [7, 11) is 1.27. The highest BCUT2D eigenvalue weighted by molar-refractivity contribution is 5.81. The fourth-order valence-corrected chi connectivity index (χ4v) is 1.46. The summed E-state index contributed by atoms with van der Waals surface area (Å²) in [6.07, 6.45) is 0.223. The Morgan fingerprint density at radius 3 is 2.82 bits per heavy atom. The quantitative estimate of drug-likeness (QED) is 0.409. The molecule has 1 aromatic carbocycles. The van der Waals surface area contributed by atoms with Crippen molar-refractivity contribution in [2.24, 2.45) is 5.73 Å². The molecule has 0 spiro atoms. The van der Waals surface area contributed by atoms with Crippen LogP contribution in [0.3, 0.4) is 0 Å². The van der Waals surface area contributed by atoms with Gasteiger partial charge in [-0.3, -0.25) is 4.79 Å². The smallest absolute Gasteiger partial charge is 0.322 e. The van der Waals surface area contributed by atoms with Gasteiger partial charge in [-0.25, -0.2) is 0 Å². The van der Waals surface area contributed by atoms with E-state index in [-0.39, 0.29) is 12.2 Å². The van der Waals surface area contributed by atoms with Gasteiger partial charge in [0.15, 0.2) is 0 Å². The molecule has 0 aliphatic carbocycles. The minimum absolute atomic E-state index is 0.0852.